The first-order chi connectivity index (χ1) is 8.28. The van der Waals surface area contributed by atoms with E-state index in [9.17, 15) is 0 Å². The maximum absolute atomic E-state index is 8.64. The molecule has 0 aliphatic carbocycles. The summed E-state index contributed by atoms with van der Waals surface area (Å²) in [5.74, 6) is 0. The van der Waals surface area contributed by atoms with Gasteiger partial charge in [-0.15, -0.1) is 0 Å². The average molecular weight is 341 g/mol. The molecule has 3 nitrogen and oxygen atoms in total. The number of rotatable bonds is 3. The maximum atomic E-state index is 8.64. The SMILES string of the molecule is N#CCN1CCN(Cc2ccc(I)cc2)CC1. The first-order valence-electron chi connectivity index (χ1n) is 5.84. The highest BCUT2D eigenvalue weighted by Gasteiger charge is 2.16. The summed E-state index contributed by atoms with van der Waals surface area (Å²) in [5, 5.41) is 8.64. The second-order valence-electron chi connectivity index (χ2n) is 4.34. The van der Waals surface area contributed by atoms with E-state index in [0.717, 1.165) is 32.7 Å². The summed E-state index contributed by atoms with van der Waals surface area (Å²) in [5.41, 5.74) is 1.37. The third-order valence-electron chi connectivity index (χ3n) is 3.08. The van der Waals surface area contributed by atoms with Crippen molar-refractivity contribution in [3.8, 4) is 6.07 Å². The van der Waals surface area contributed by atoms with Gasteiger partial charge in [0.1, 0.15) is 0 Å². The van der Waals surface area contributed by atoms with Crippen LogP contribution in [0.1, 0.15) is 5.56 Å². The average Bonchev–Trinajstić information content (AvgIpc) is 2.35. The molecule has 0 aromatic heterocycles. The molecule has 1 aliphatic heterocycles. The lowest BCUT2D eigenvalue weighted by atomic mass is 10.2. The van der Waals surface area contributed by atoms with Crippen LogP contribution in [0, 0.1) is 14.9 Å². The minimum Gasteiger partial charge on any atom is -0.297 e. The van der Waals surface area contributed by atoms with Crippen molar-refractivity contribution >= 4 is 22.6 Å². The van der Waals surface area contributed by atoms with Crippen LogP contribution in [0.3, 0.4) is 0 Å². The van der Waals surface area contributed by atoms with Crippen LogP contribution in [0.2, 0.25) is 0 Å². The van der Waals surface area contributed by atoms with E-state index < -0.39 is 0 Å². The van der Waals surface area contributed by atoms with Crippen molar-refractivity contribution in [2.24, 2.45) is 0 Å². The van der Waals surface area contributed by atoms with Gasteiger partial charge in [-0.05, 0) is 40.3 Å². The maximum Gasteiger partial charge on any atom is 0.0866 e. The summed E-state index contributed by atoms with van der Waals surface area (Å²) in [4.78, 5) is 4.67. The van der Waals surface area contributed by atoms with Gasteiger partial charge in [-0.2, -0.15) is 5.26 Å². The number of piperazine rings is 1. The summed E-state index contributed by atoms with van der Waals surface area (Å²) in [6.45, 7) is 5.74. The second-order valence-corrected chi connectivity index (χ2v) is 5.58. The van der Waals surface area contributed by atoms with E-state index in [1.165, 1.54) is 9.13 Å². The van der Waals surface area contributed by atoms with Crippen LogP contribution in [-0.2, 0) is 6.54 Å². The van der Waals surface area contributed by atoms with E-state index >= 15 is 0 Å². The monoisotopic (exact) mass is 341 g/mol. The number of hydrogen-bond donors (Lipinski definition) is 0. The zero-order valence-electron chi connectivity index (χ0n) is 9.77. The van der Waals surface area contributed by atoms with E-state index in [2.05, 4.69) is 62.7 Å². The van der Waals surface area contributed by atoms with Gasteiger partial charge in [0.15, 0.2) is 0 Å². The highest BCUT2D eigenvalue weighted by molar-refractivity contribution is 14.1. The molecule has 90 valence electrons. The lowest BCUT2D eigenvalue weighted by molar-refractivity contribution is 0.138. The Morgan fingerprint density at radius 1 is 1.06 bits per heavy atom. The Balaban J connectivity index is 1.82. The fraction of sp³-hybridized carbons (Fsp3) is 0.462. The molecule has 1 saturated heterocycles. The highest BCUT2D eigenvalue weighted by Crippen LogP contribution is 2.11. The van der Waals surface area contributed by atoms with E-state index in [4.69, 9.17) is 5.26 Å². The van der Waals surface area contributed by atoms with E-state index in [1.54, 1.807) is 0 Å². The normalized spacial score (nSPS) is 17.9. The summed E-state index contributed by atoms with van der Waals surface area (Å²) >= 11 is 2.33. The van der Waals surface area contributed by atoms with Gasteiger partial charge in [-0.25, -0.2) is 0 Å². The molecule has 1 heterocycles. The van der Waals surface area contributed by atoms with Crippen molar-refractivity contribution in [2.45, 2.75) is 6.54 Å². The predicted octanol–water partition coefficient (Wildman–Crippen LogP) is 1.93. The van der Waals surface area contributed by atoms with Gasteiger partial charge in [0.2, 0.25) is 0 Å². The topological polar surface area (TPSA) is 30.3 Å². The van der Waals surface area contributed by atoms with Crippen LogP contribution in [0.5, 0.6) is 0 Å². The van der Waals surface area contributed by atoms with Crippen molar-refractivity contribution in [1.82, 2.24) is 9.80 Å². The molecule has 1 aromatic rings. The highest BCUT2D eigenvalue weighted by atomic mass is 127. The van der Waals surface area contributed by atoms with Crippen molar-refractivity contribution in [3.63, 3.8) is 0 Å². The molecule has 17 heavy (non-hydrogen) atoms. The van der Waals surface area contributed by atoms with Gasteiger partial charge < -0.3 is 0 Å². The zero-order chi connectivity index (χ0) is 12.1. The predicted molar refractivity (Wildman–Crippen MR) is 76.5 cm³/mol. The van der Waals surface area contributed by atoms with Crippen LogP contribution in [-0.4, -0.2) is 42.5 Å². The standard InChI is InChI=1S/C13H16IN3/c14-13-3-1-12(2-4-13)11-17-9-7-16(6-5-15)8-10-17/h1-4H,6-11H2. The molecule has 0 amide bonds. The smallest absolute Gasteiger partial charge is 0.0866 e. The van der Waals surface area contributed by atoms with Crippen molar-refractivity contribution < 1.29 is 0 Å². The molecule has 0 bridgehead atoms. The Morgan fingerprint density at radius 3 is 2.24 bits per heavy atom. The summed E-state index contributed by atoms with van der Waals surface area (Å²) in [6, 6.07) is 10.9. The van der Waals surface area contributed by atoms with Gasteiger partial charge in [0.25, 0.3) is 0 Å². The zero-order valence-corrected chi connectivity index (χ0v) is 11.9. The first-order valence-corrected chi connectivity index (χ1v) is 6.92. The number of benzene rings is 1. The molecule has 0 unspecified atom stereocenters. The molecule has 1 fully saturated rings. The molecule has 1 aliphatic rings. The fourth-order valence-electron chi connectivity index (χ4n) is 2.05. The molecule has 0 saturated carbocycles. The molecule has 1 aromatic carbocycles. The van der Waals surface area contributed by atoms with Crippen molar-refractivity contribution in [3.05, 3.63) is 33.4 Å². The lowest BCUT2D eigenvalue weighted by Gasteiger charge is -2.33. The number of nitrogens with zero attached hydrogens (tertiary/aromatic N) is 3. The number of hydrogen-bond acceptors (Lipinski definition) is 3. The Morgan fingerprint density at radius 2 is 1.65 bits per heavy atom. The minimum absolute atomic E-state index is 0.567. The van der Waals surface area contributed by atoms with Crippen LogP contribution < -0.4 is 0 Å². The Bertz CT molecular complexity index is 388. The van der Waals surface area contributed by atoms with E-state index in [1.807, 2.05) is 0 Å². The Hall–Kier alpha value is -0.640. The van der Waals surface area contributed by atoms with Crippen LogP contribution in [0.15, 0.2) is 24.3 Å². The molecule has 0 atom stereocenters. The molecule has 0 radical (unpaired) electrons. The molecule has 2 rings (SSSR count). The third-order valence-corrected chi connectivity index (χ3v) is 3.80. The van der Waals surface area contributed by atoms with Gasteiger partial charge in [-0.1, -0.05) is 12.1 Å². The third kappa shape index (κ3) is 3.95. The Labute approximate surface area is 116 Å². The molecule has 0 spiro atoms. The largest absolute Gasteiger partial charge is 0.297 e. The van der Waals surface area contributed by atoms with Crippen molar-refractivity contribution in [2.75, 3.05) is 32.7 Å². The molecular weight excluding hydrogens is 325 g/mol. The molecule has 0 N–H and O–H groups in total. The lowest BCUT2D eigenvalue weighted by Crippen LogP contribution is -2.45. The number of halogens is 1. The molecular formula is C13H16IN3. The number of nitriles is 1. The van der Waals surface area contributed by atoms with Crippen LogP contribution in [0.4, 0.5) is 0 Å². The summed E-state index contributed by atoms with van der Waals surface area (Å²) < 4.78 is 1.28. The second kappa shape index (κ2) is 6.34. The van der Waals surface area contributed by atoms with Crippen molar-refractivity contribution in [1.29, 1.82) is 5.26 Å². The Kier molecular flexibility index (Phi) is 4.77. The van der Waals surface area contributed by atoms with Gasteiger partial charge in [0, 0.05) is 36.3 Å². The van der Waals surface area contributed by atoms with Gasteiger partial charge in [-0.3, -0.25) is 9.80 Å². The van der Waals surface area contributed by atoms with Crippen LogP contribution >= 0.6 is 22.6 Å². The van der Waals surface area contributed by atoms with E-state index in [0.29, 0.717) is 6.54 Å². The van der Waals surface area contributed by atoms with Crippen LogP contribution in [0.25, 0.3) is 0 Å². The van der Waals surface area contributed by atoms with Gasteiger partial charge in [0.05, 0.1) is 12.6 Å². The minimum atomic E-state index is 0.567. The fourth-order valence-corrected chi connectivity index (χ4v) is 2.41. The molecule has 4 heteroatoms. The summed E-state index contributed by atoms with van der Waals surface area (Å²) in [7, 11) is 0. The van der Waals surface area contributed by atoms with Gasteiger partial charge >= 0.3 is 0 Å². The summed E-state index contributed by atoms with van der Waals surface area (Å²) in [6.07, 6.45) is 0. The van der Waals surface area contributed by atoms with E-state index in [-0.39, 0.29) is 0 Å². The first kappa shape index (κ1) is 12.8. The quantitative estimate of drug-likeness (QED) is 0.622.